The van der Waals surface area contributed by atoms with Gasteiger partial charge in [-0.2, -0.15) is 0 Å². The van der Waals surface area contributed by atoms with Crippen LogP contribution in [0.5, 0.6) is 0 Å². The number of rotatable bonds is 6. The third-order valence-electron chi connectivity index (χ3n) is 6.90. The average molecular weight is 523 g/mol. The largest absolute Gasteiger partial charge is 0.374 e. The van der Waals surface area contributed by atoms with Crippen LogP contribution in [0.25, 0.3) is 0 Å². The highest BCUT2D eigenvalue weighted by Gasteiger charge is 2.52. The lowest BCUT2D eigenvalue weighted by Crippen LogP contribution is -2.54. The predicted octanol–water partition coefficient (Wildman–Crippen LogP) is 5.70. The molecule has 2 heterocycles. The number of nitrogens with one attached hydrogen (secondary N) is 1. The van der Waals surface area contributed by atoms with E-state index in [1.54, 1.807) is 24.3 Å². The number of amidine groups is 1. The molecule has 1 fully saturated rings. The van der Waals surface area contributed by atoms with Crippen molar-refractivity contribution in [2.75, 3.05) is 13.2 Å². The average Bonchev–Trinajstić information content (AvgIpc) is 2.90. The number of carbonyl (C=O) groups excluding carboxylic acids is 1. The maximum atomic E-state index is 15.2. The Balaban J connectivity index is 1.39. The van der Waals surface area contributed by atoms with Crippen molar-refractivity contribution < 1.29 is 23.0 Å². The second-order valence-corrected chi connectivity index (χ2v) is 10.8. The smallest absolute Gasteiger partial charge is 0.257 e. The van der Waals surface area contributed by atoms with E-state index >= 15 is 4.39 Å². The number of carbonyl (C=O) groups is 1. The minimum absolute atomic E-state index is 0.0199. The fraction of sp³-hybridized carbons (Fsp3) is 0.310. The maximum Gasteiger partial charge on any atom is 0.257 e. The Kier molecular flexibility index (Phi) is 7.69. The standard InChI is InChI=1S/C29H28F2N2O3S/c1-19-25-15-23(17-35-16-20-8-4-2-5-9-20)36-18-29(25,24-13-12-22(30)14-26(24)31)33-28(37-19)32-27(34)21-10-6-3-7-11-21/h2-14,19,23,25H,15-18H2,1H3,(H,32,33,34). The monoisotopic (exact) mass is 522 g/mol. The molecule has 5 nitrogen and oxygen atoms in total. The molecule has 1 amide bonds. The fourth-order valence-electron chi connectivity index (χ4n) is 5.05. The van der Waals surface area contributed by atoms with Gasteiger partial charge in [-0.25, -0.2) is 13.8 Å². The lowest BCUT2D eigenvalue weighted by molar-refractivity contribution is -0.0967. The summed E-state index contributed by atoms with van der Waals surface area (Å²) in [4.78, 5) is 17.7. The maximum absolute atomic E-state index is 15.2. The summed E-state index contributed by atoms with van der Waals surface area (Å²) in [6.45, 7) is 3.00. The Bertz CT molecular complexity index is 1270. The summed E-state index contributed by atoms with van der Waals surface area (Å²) in [7, 11) is 0. The van der Waals surface area contributed by atoms with Gasteiger partial charge in [-0.15, -0.1) is 0 Å². The molecule has 37 heavy (non-hydrogen) atoms. The van der Waals surface area contributed by atoms with Gasteiger partial charge in [0, 0.05) is 28.4 Å². The van der Waals surface area contributed by atoms with Crippen LogP contribution in [-0.4, -0.2) is 35.6 Å². The van der Waals surface area contributed by atoms with E-state index < -0.39 is 17.2 Å². The fourth-order valence-corrected chi connectivity index (χ4v) is 6.27. The summed E-state index contributed by atoms with van der Waals surface area (Å²) in [5, 5.41) is 3.26. The highest BCUT2D eigenvalue weighted by Crippen LogP contribution is 2.50. The highest BCUT2D eigenvalue weighted by atomic mass is 32.2. The van der Waals surface area contributed by atoms with Gasteiger partial charge in [0.1, 0.15) is 17.2 Å². The highest BCUT2D eigenvalue weighted by molar-refractivity contribution is 8.14. The first kappa shape index (κ1) is 25.6. The summed E-state index contributed by atoms with van der Waals surface area (Å²) in [6.07, 6.45) is 0.396. The normalized spacial score (nSPS) is 25.2. The molecular formula is C29H28F2N2O3S. The Hall–Kier alpha value is -3.07. The van der Waals surface area contributed by atoms with Gasteiger partial charge in [0.05, 0.1) is 25.9 Å². The van der Waals surface area contributed by atoms with Crippen molar-refractivity contribution in [1.82, 2.24) is 5.32 Å². The Morgan fingerprint density at radius 2 is 1.84 bits per heavy atom. The molecule has 0 aliphatic carbocycles. The third-order valence-corrected chi connectivity index (χ3v) is 8.02. The van der Waals surface area contributed by atoms with Crippen LogP contribution in [0.3, 0.4) is 0 Å². The summed E-state index contributed by atoms with van der Waals surface area (Å²) < 4.78 is 41.1. The zero-order chi connectivity index (χ0) is 25.8. The van der Waals surface area contributed by atoms with E-state index in [0.717, 1.165) is 11.6 Å². The molecule has 1 saturated heterocycles. The number of nitrogens with zero attached hydrogens (tertiary/aromatic N) is 1. The van der Waals surface area contributed by atoms with Gasteiger partial charge in [-0.05, 0) is 30.2 Å². The minimum atomic E-state index is -1.10. The van der Waals surface area contributed by atoms with E-state index in [2.05, 4.69) is 5.32 Å². The molecule has 0 spiro atoms. The van der Waals surface area contributed by atoms with Crippen molar-refractivity contribution in [3.05, 3.63) is 107 Å². The van der Waals surface area contributed by atoms with Crippen molar-refractivity contribution in [3.63, 3.8) is 0 Å². The second-order valence-electron chi connectivity index (χ2n) is 9.38. The molecular weight excluding hydrogens is 494 g/mol. The van der Waals surface area contributed by atoms with Crippen molar-refractivity contribution in [3.8, 4) is 0 Å². The summed E-state index contributed by atoms with van der Waals surface area (Å²) in [5.41, 5.74) is 0.739. The zero-order valence-corrected chi connectivity index (χ0v) is 21.2. The number of halogens is 2. The van der Waals surface area contributed by atoms with Crippen LogP contribution < -0.4 is 5.32 Å². The van der Waals surface area contributed by atoms with E-state index in [1.807, 2.05) is 43.3 Å². The first-order valence-electron chi connectivity index (χ1n) is 12.3. The molecule has 1 N–H and O–H groups in total. The molecule has 4 atom stereocenters. The number of hydrogen-bond acceptors (Lipinski definition) is 5. The van der Waals surface area contributed by atoms with Gasteiger partial charge in [-0.1, -0.05) is 73.3 Å². The predicted molar refractivity (Wildman–Crippen MR) is 140 cm³/mol. The lowest BCUT2D eigenvalue weighted by Gasteiger charge is -2.49. The SMILES string of the molecule is CC1SC(NC(=O)c2ccccc2)=NC2(c3ccc(F)cc3F)COC(COCc3ccccc3)CC12. The van der Waals surface area contributed by atoms with Crippen LogP contribution in [-0.2, 0) is 21.6 Å². The molecule has 3 aromatic carbocycles. The van der Waals surface area contributed by atoms with Gasteiger partial charge < -0.3 is 14.8 Å². The molecule has 0 radical (unpaired) electrons. The number of aliphatic imine (C=N–C) groups is 1. The van der Waals surface area contributed by atoms with Crippen LogP contribution >= 0.6 is 11.8 Å². The number of thioether (sulfide) groups is 1. The van der Waals surface area contributed by atoms with Crippen LogP contribution in [0, 0.1) is 17.6 Å². The van der Waals surface area contributed by atoms with E-state index in [-0.39, 0.29) is 35.3 Å². The minimum Gasteiger partial charge on any atom is -0.374 e. The van der Waals surface area contributed by atoms with Gasteiger partial charge in [-0.3, -0.25) is 4.79 Å². The summed E-state index contributed by atoms with van der Waals surface area (Å²) in [6, 6.07) is 22.3. The molecule has 2 aliphatic heterocycles. The molecule has 0 aromatic heterocycles. The van der Waals surface area contributed by atoms with Crippen LogP contribution in [0.4, 0.5) is 8.78 Å². The van der Waals surface area contributed by atoms with Gasteiger partial charge in [0.2, 0.25) is 0 Å². The molecule has 0 bridgehead atoms. The zero-order valence-electron chi connectivity index (χ0n) is 20.4. The molecule has 3 aromatic rings. The first-order chi connectivity index (χ1) is 17.9. The number of ether oxygens (including phenoxy) is 2. The van der Waals surface area contributed by atoms with Crippen LogP contribution in [0.1, 0.15) is 34.8 Å². The van der Waals surface area contributed by atoms with Crippen molar-refractivity contribution >= 4 is 22.8 Å². The van der Waals surface area contributed by atoms with Gasteiger partial charge in [0.25, 0.3) is 5.91 Å². The van der Waals surface area contributed by atoms with E-state index in [9.17, 15) is 9.18 Å². The molecule has 4 unspecified atom stereocenters. The molecule has 0 saturated carbocycles. The Labute approximate surface area is 219 Å². The van der Waals surface area contributed by atoms with Crippen LogP contribution in [0.15, 0.2) is 83.9 Å². The van der Waals surface area contributed by atoms with E-state index in [4.69, 9.17) is 14.5 Å². The Morgan fingerprint density at radius 3 is 2.57 bits per heavy atom. The van der Waals surface area contributed by atoms with Crippen LogP contribution in [0.2, 0.25) is 0 Å². The van der Waals surface area contributed by atoms with Crippen molar-refractivity contribution in [2.24, 2.45) is 10.9 Å². The van der Waals surface area contributed by atoms with E-state index in [1.165, 1.54) is 23.9 Å². The topological polar surface area (TPSA) is 59.9 Å². The number of benzene rings is 3. The van der Waals surface area contributed by atoms with Crippen molar-refractivity contribution in [2.45, 2.75) is 36.8 Å². The number of fused-ring (bicyclic) bond motifs is 1. The molecule has 192 valence electrons. The summed E-state index contributed by atoms with van der Waals surface area (Å²) >= 11 is 1.45. The van der Waals surface area contributed by atoms with Crippen molar-refractivity contribution in [1.29, 1.82) is 0 Å². The molecule has 2 aliphatic rings. The van der Waals surface area contributed by atoms with Gasteiger partial charge in [0.15, 0.2) is 5.17 Å². The number of hydrogen-bond donors (Lipinski definition) is 1. The van der Waals surface area contributed by atoms with Gasteiger partial charge >= 0.3 is 0 Å². The summed E-state index contributed by atoms with van der Waals surface area (Å²) in [5.74, 6) is -1.74. The quantitative estimate of drug-likeness (QED) is 0.451. The third kappa shape index (κ3) is 5.61. The second kappa shape index (κ2) is 11.1. The lowest BCUT2D eigenvalue weighted by atomic mass is 9.72. The molecule has 5 rings (SSSR count). The number of amides is 1. The molecule has 8 heteroatoms. The van der Waals surface area contributed by atoms with E-state index in [0.29, 0.717) is 30.4 Å². The Morgan fingerprint density at radius 1 is 1.11 bits per heavy atom. The first-order valence-corrected chi connectivity index (χ1v) is 13.1.